The Bertz CT molecular complexity index is 965. The van der Waals surface area contributed by atoms with Crippen molar-refractivity contribution in [3.8, 4) is 0 Å². The lowest BCUT2D eigenvalue weighted by Crippen LogP contribution is -2.38. The fourth-order valence-electron chi connectivity index (χ4n) is 4.77. The van der Waals surface area contributed by atoms with Gasteiger partial charge in [-0.3, -0.25) is 14.4 Å². The summed E-state index contributed by atoms with van der Waals surface area (Å²) in [7, 11) is 0. The quantitative estimate of drug-likeness (QED) is 0.0235. The molecule has 0 fully saturated rings. The summed E-state index contributed by atoms with van der Waals surface area (Å²) in [4.78, 5) is 35.4. The predicted octanol–water partition coefficient (Wildman–Crippen LogP) is 7.84. The number of thioether (sulfide) groups is 1. The molecule has 0 amide bonds. The zero-order valence-electron chi connectivity index (χ0n) is 30.5. The van der Waals surface area contributed by atoms with Gasteiger partial charge in [0, 0.05) is 23.8 Å². The number of aliphatic carboxylic acids is 1. The van der Waals surface area contributed by atoms with Crippen molar-refractivity contribution in [2.24, 2.45) is 11.7 Å². The van der Waals surface area contributed by atoms with E-state index in [9.17, 15) is 24.6 Å². The van der Waals surface area contributed by atoms with Crippen LogP contribution in [0.15, 0.2) is 48.6 Å². The minimum atomic E-state index is -1.16. The third-order valence-corrected chi connectivity index (χ3v) is 9.15. The summed E-state index contributed by atoms with van der Waals surface area (Å²) in [6.07, 6.45) is 29.3. The van der Waals surface area contributed by atoms with Crippen LogP contribution in [0, 0.1) is 5.92 Å². The van der Waals surface area contributed by atoms with Crippen LogP contribution in [0.5, 0.6) is 0 Å². The maximum absolute atomic E-state index is 12.5. The molecule has 0 aromatic carbocycles. The number of carbonyl (C=O) groups excluding carboxylic acids is 2. The van der Waals surface area contributed by atoms with Gasteiger partial charge in [0.05, 0.1) is 6.10 Å². The maximum Gasteiger partial charge on any atom is 0.323 e. The van der Waals surface area contributed by atoms with E-state index in [2.05, 4.69) is 39.0 Å². The van der Waals surface area contributed by atoms with Crippen LogP contribution in [-0.2, 0) is 23.9 Å². The number of hydrogen-bond acceptors (Lipinski definition) is 9. The summed E-state index contributed by atoms with van der Waals surface area (Å²) in [6.45, 7) is 6.07. The zero-order chi connectivity index (χ0) is 36.5. The number of hydrogen-bond donors (Lipinski definition) is 4. The van der Waals surface area contributed by atoms with Crippen LogP contribution in [0.3, 0.4) is 0 Å². The Kier molecular flexibility index (Phi) is 31.2. The molecule has 282 valence electrons. The van der Waals surface area contributed by atoms with Crippen LogP contribution in [0.2, 0.25) is 0 Å². The molecular formula is C39H67NO8S. The number of unbranched alkanes of at least 4 members (excludes halogenated alkanes) is 9. The first-order chi connectivity index (χ1) is 23.6. The number of nitrogens with two attached hydrogens (primary N) is 1. The highest BCUT2D eigenvalue weighted by molar-refractivity contribution is 8.00. The highest BCUT2D eigenvalue weighted by Gasteiger charge is 2.23. The number of carbonyl (C=O) groups is 3. The molecule has 0 saturated carbocycles. The second-order valence-corrected chi connectivity index (χ2v) is 14.2. The smallest absolute Gasteiger partial charge is 0.323 e. The van der Waals surface area contributed by atoms with Crippen LogP contribution in [0.4, 0.5) is 0 Å². The number of rotatable bonds is 32. The molecule has 0 rings (SSSR count). The van der Waals surface area contributed by atoms with Gasteiger partial charge in [-0.25, -0.2) is 0 Å². The summed E-state index contributed by atoms with van der Waals surface area (Å²) in [5.41, 5.74) is 6.03. The van der Waals surface area contributed by atoms with Crippen molar-refractivity contribution in [3.63, 3.8) is 0 Å². The second-order valence-electron chi connectivity index (χ2n) is 13.0. The molecule has 49 heavy (non-hydrogen) atoms. The minimum Gasteiger partial charge on any atom is -0.481 e. The van der Waals surface area contributed by atoms with Crippen molar-refractivity contribution >= 4 is 29.7 Å². The Morgan fingerprint density at radius 3 is 2.12 bits per heavy atom. The lowest BCUT2D eigenvalue weighted by molar-refractivity contribution is -0.153. The van der Waals surface area contributed by atoms with Crippen LogP contribution in [0.1, 0.15) is 130 Å². The number of carboxylic acids is 1. The number of ether oxygens (including phenoxy) is 2. The van der Waals surface area contributed by atoms with Gasteiger partial charge in [0.25, 0.3) is 0 Å². The molecular weight excluding hydrogens is 642 g/mol. The number of aliphatic hydroxyl groups is 2. The molecule has 0 aliphatic rings. The molecule has 9 nitrogen and oxygen atoms in total. The van der Waals surface area contributed by atoms with Crippen molar-refractivity contribution in [2.75, 3.05) is 19.0 Å². The molecule has 0 unspecified atom stereocenters. The summed E-state index contributed by atoms with van der Waals surface area (Å²) >= 11 is 1.27. The Balaban J connectivity index is 4.50. The molecule has 0 aromatic rings. The number of carboxylic acid groups (broad SMARTS) is 1. The third-order valence-electron chi connectivity index (χ3n) is 7.74. The molecule has 0 radical (unpaired) electrons. The van der Waals surface area contributed by atoms with E-state index in [1.54, 1.807) is 12.2 Å². The van der Waals surface area contributed by atoms with E-state index >= 15 is 0 Å². The van der Waals surface area contributed by atoms with Crippen LogP contribution in [-0.4, -0.2) is 75.7 Å². The lowest BCUT2D eigenvalue weighted by atomic mass is 10.0. The van der Waals surface area contributed by atoms with Gasteiger partial charge < -0.3 is 30.5 Å². The maximum atomic E-state index is 12.5. The van der Waals surface area contributed by atoms with E-state index in [0.29, 0.717) is 12.8 Å². The van der Waals surface area contributed by atoms with Gasteiger partial charge in [-0.05, 0) is 44.4 Å². The zero-order valence-corrected chi connectivity index (χ0v) is 31.3. The van der Waals surface area contributed by atoms with Gasteiger partial charge in [0.15, 0.2) is 0 Å². The van der Waals surface area contributed by atoms with E-state index in [-0.39, 0.29) is 37.8 Å². The van der Waals surface area contributed by atoms with Crippen LogP contribution < -0.4 is 5.73 Å². The molecule has 4 atom stereocenters. The minimum absolute atomic E-state index is 0.0435. The van der Waals surface area contributed by atoms with Crippen molar-refractivity contribution < 1.29 is 39.2 Å². The molecule has 5 N–H and O–H groups in total. The van der Waals surface area contributed by atoms with E-state index < -0.39 is 35.4 Å². The molecule has 0 aliphatic heterocycles. The second kappa shape index (κ2) is 32.8. The van der Waals surface area contributed by atoms with Gasteiger partial charge in [0.2, 0.25) is 0 Å². The molecule has 0 aliphatic carbocycles. The SMILES string of the molecule is CCCCC/C=C\C\C=C/C=C/C=C/[C@@H](SC[C@H](N)C(=O)OC[C@H](O)COC(=O)CCCCCCCCCC(C)C)[C@@H](O)CCCC(=O)O. The van der Waals surface area contributed by atoms with Gasteiger partial charge in [-0.1, -0.05) is 127 Å². The fourth-order valence-corrected chi connectivity index (χ4v) is 5.89. The molecule has 0 heterocycles. The normalized spacial score (nSPS) is 14.7. The van der Waals surface area contributed by atoms with Crippen molar-refractivity contribution in [3.05, 3.63) is 48.6 Å². The van der Waals surface area contributed by atoms with E-state index in [1.165, 1.54) is 63.1 Å². The Morgan fingerprint density at radius 2 is 1.43 bits per heavy atom. The fraction of sp³-hybridized carbons (Fsp3) is 0.718. The van der Waals surface area contributed by atoms with E-state index in [1.807, 2.05) is 18.2 Å². The highest BCUT2D eigenvalue weighted by Crippen LogP contribution is 2.21. The van der Waals surface area contributed by atoms with Gasteiger partial charge in [0.1, 0.15) is 25.4 Å². The van der Waals surface area contributed by atoms with Crippen molar-refractivity contribution in [1.82, 2.24) is 0 Å². The van der Waals surface area contributed by atoms with E-state index in [0.717, 1.165) is 38.0 Å². The summed E-state index contributed by atoms with van der Waals surface area (Å²) in [5.74, 6) is -1.12. The summed E-state index contributed by atoms with van der Waals surface area (Å²) in [5, 5.41) is 29.4. The topological polar surface area (TPSA) is 156 Å². The summed E-state index contributed by atoms with van der Waals surface area (Å²) in [6, 6.07) is -1.01. The molecule has 0 saturated heterocycles. The standard InChI is InChI=1S/C39H67NO8S/c1-4-5-6-7-8-9-10-11-12-15-18-21-26-36(35(42)25-23-27-37(43)44)49-31-34(40)39(46)48-30-33(41)29-47-38(45)28-22-19-16-13-14-17-20-24-32(2)3/h8-9,11-12,15,18,21,26,32-36,41-42H,4-7,10,13-14,16-17,19-20,22-25,27-31,40H2,1-3H3,(H,43,44)/b9-8-,12-11-,18-15+,26-21+/t33-,34+,35+,36-/m1/s1. The average Bonchev–Trinajstić information content (AvgIpc) is 3.06. The number of aliphatic hydroxyl groups excluding tert-OH is 2. The van der Waals surface area contributed by atoms with Crippen LogP contribution >= 0.6 is 11.8 Å². The molecule has 10 heteroatoms. The number of esters is 2. The molecule has 0 bridgehead atoms. The van der Waals surface area contributed by atoms with E-state index in [4.69, 9.17) is 20.3 Å². The first-order valence-electron chi connectivity index (χ1n) is 18.5. The van der Waals surface area contributed by atoms with Crippen LogP contribution in [0.25, 0.3) is 0 Å². The largest absolute Gasteiger partial charge is 0.481 e. The predicted molar refractivity (Wildman–Crippen MR) is 201 cm³/mol. The lowest BCUT2D eigenvalue weighted by Gasteiger charge is -2.21. The summed E-state index contributed by atoms with van der Waals surface area (Å²) < 4.78 is 10.3. The Morgan fingerprint density at radius 1 is 0.755 bits per heavy atom. The Labute approximate surface area is 300 Å². The molecule has 0 aromatic heterocycles. The van der Waals surface area contributed by atoms with Gasteiger partial charge in [-0.15, -0.1) is 11.8 Å². The third kappa shape index (κ3) is 31.3. The first-order valence-corrected chi connectivity index (χ1v) is 19.5. The average molecular weight is 710 g/mol. The highest BCUT2D eigenvalue weighted by atomic mass is 32.2. The Hall–Kier alpha value is -2.40. The van der Waals surface area contributed by atoms with Gasteiger partial charge >= 0.3 is 17.9 Å². The van der Waals surface area contributed by atoms with Gasteiger partial charge in [-0.2, -0.15) is 0 Å². The monoisotopic (exact) mass is 709 g/mol. The number of allylic oxidation sites excluding steroid dienone is 7. The molecule has 0 spiro atoms. The van der Waals surface area contributed by atoms with Crippen molar-refractivity contribution in [1.29, 1.82) is 0 Å². The van der Waals surface area contributed by atoms with Crippen molar-refractivity contribution in [2.45, 2.75) is 153 Å². The first kappa shape index (κ1) is 46.6.